The fourth-order valence-electron chi connectivity index (χ4n) is 3.40. The van der Waals surface area contributed by atoms with Gasteiger partial charge in [0.1, 0.15) is 0 Å². The molecule has 0 bridgehead atoms. The van der Waals surface area contributed by atoms with Crippen LogP contribution >= 0.6 is 24.0 Å². The van der Waals surface area contributed by atoms with Crippen LogP contribution in [0.5, 0.6) is 0 Å². The zero-order valence-electron chi connectivity index (χ0n) is 14.8. The average molecular weight is 437 g/mol. The molecule has 3 N–H and O–H groups in total. The Bertz CT molecular complexity index is 321. The van der Waals surface area contributed by atoms with Gasteiger partial charge in [-0.3, -0.25) is 4.99 Å². The highest BCUT2D eigenvalue weighted by molar-refractivity contribution is 14.0. The summed E-state index contributed by atoms with van der Waals surface area (Å²) < 4.78 is 0. The largest absolute Gasteiger partial charge is 0.370 e. The van der Waals surface area contributed by atoms with Gasteiger partial charge in [-0.2, -0.15) is 0 Å². The molecule has 1 heterocycles. The number of piperazine rings is 1. The lowest BCUT2D eigenvalue weighted by molar-refractivity contribution is 0.152. The van der Waals surface area contributed by atoms with Crippen molar-refractivity contribution in [1.82, 2.24) is 15.1 Å². The molecule has 1 saturated carbocycles. The van der Waals surface area contributed by atoms with Crippen molar-refractivity contribution >= 4 is 29.9 Å². The van der Waals surface area contributed by atoms with Crippen molar-refractivity contribution in [3.63, 3.8) is 0 Å². The summed E-state index contributed by atoms with van der Waals surface area (Å²) in [5.41, 5.74) is 6.02. The number of rotatable bonds is 6. The van der Waals surface area contributed by atoms with Crippen molar-refractivity contribution in [2.24, 2.45) is 10.7 Å². The lowest BCUT2D eigenvalue weighted by Gasteiger charge is -2.32. The molecule has 1 aliphatic carbocycles. The second-order valence-electron chi connectivity index (χ2n) is 6.95. The first-order chi connectivity index (χ1) is 10.7. The zero-order chi connectivity index (χ0) is 15.6. The normalized spacial score (nSPS) is 22.4. The number of nitrogens with two attached hydrogens (primary N) is 1. The summed E-state index contributed by atoms with van der Waals surface area (Å²) in [5, 5.41) is 3.42. The summed E-state index contributed by atoms with van der Waals surface area (Å²) in [4.78, 5) is 9.47. The number of hydrogen-bond acceptors (Lipinski definition) is 3. The number of nitrogens with one attached hydrogen (secondary N) is 1. The van der Waals surface area contributed by atoms with Crippen molar-refractivity contribution in [2.75, 3.05) is 46.3 Å². The number of hydrogen-bond donors (Lipinski definition) is 2. The molecule has 5 nitrogen and oxygen atoms in total. The molecule has 2 fully saturated rings. The molecule has 0 spiro atoms. The molecular formula is C17H36IN5. The Kier molecular flexibility index (Phi) is 11.2. The third-order valence-electron chi connectivity index (χ3n) is 4.97. The molecule has 2 aliphatic rings. The predicted molar refractivity (Wildman–Crippen MR) is 110 cm³/mol. The third kappa shape index (κ3) is 9.10. The van der Waals surface area contributed by atoms with E-state index >= 15 is 0 Å². The van der Waals surface area contributed by atoms with Crippen molar-refractivity contribution in [3.05, 3.63) is 0 Å². The Morgan fingerprint density at radius 2 is 1.70 bits per heavy atom. The Hall–Kier alpha value is -0.0800. The van der Waals surface area contributed by atoms with E-state index < -0.39 is 0 Å². The van der Waals surface area contributed by atoms with E-state index in [0.29, 0.717) is 12.0 Å². The van der Waals surface area contributed by atoms with Gasteiger partial charge in [0.05, 0.1) is 0 Å². The molecule has 0 aromatic carbocycles. The van der Waals surface area contributed by atoms with Crippen molar-refractivity contribution in [3.8, 4) is 0 Å². The number of halogens is 1. The molecule has 0 amide bonds. The quantitative estimate of drug-likeness (QED) is 0.220. The maximum absolute atomic E-state index is 6.02. The molecule has 0 unspecified atom stereocenters. The van der Waals surface area contributed by atoms with Crippen molar-refractivity contribution in [1.29, 1.82) is 0 Å². The van der Waals surface area contributed by atoms with Crippen LogP contribution in [0.3, 0.4) is 0 Å². The molecule has 2 rings (SSSR count). The predicted octanol–water partition coefficient (Wildman–Crippen LogP) is 2.26. The van der Waals surface area contributed by atoms with Gasteiger partial charge in [0.15, 0.2) is 5.96 Å². The summed E-state index contributed by atoms with van der Waals surface area (Å²) in [6.45, 7) is 6.90. The molecule has 0 atom stereocenters. The van der Waals surface area contributed by atoms with Gasteiger partial charge in [-0.1, -0.05) is 25.7 Å². The molecule has 23 heavy (non-hydrogen) atoms. The van der Waals surface area contributed by atoms with Crippen LogP contribution in [-0.4, -0.2) is 68.1 Å². The minimum Gasteiger partial charge on any atom is -0.370 e. The Labute approximate surface area is 159 Å². The van der Waals surface area contributed by atoms with Gasteiger partial charge < -0.3 is 20.9 Å². The average Bonchev–Trinajstić information content (AvgIpc) is 2.77. The van der Waals surface area contributed by atoms with Crippen LogP contribution in [-0.2, 0) is 0 Å². The van der Waals surface area contributed by atoms with Gasteiger partial charge in [-0.05, 0) is 39.3 Å². The second-order valence-corrected chi connectivity index (χ2v) is 6.95. The Morgan fingerprint density at radius 1 is 1.04 bits per heavy atom. The summed E-state index contributed by atoms with van der Waals surface area (Å²) in [7, 11) is 2.20. The molecule has 0 aromatic heterocycles. The maximum atomic E-state index is 6.02. The maximum Gasteiger partial charge on any atom is 0.188 e. The van der Waals surface area contributed by atoms with Crippen LogP contribution < -0.4 is 11.1 Å². The van der Waals surface area contributed by atoms with Crippen LogP contribution in [0.15, 0.2) is 4.99 Å². The van der Waals surface area contributed by atoms with E-state index in [0.717, 1.165) is 13.0 Å². The van der Waals surface area contributed by atoms with E-state index in [2.05, 4.69) is 27.2 Å². The summed E-state index contributed by atoms with van der Waals surface area (Å²) in [6.07, 6.45) is 10.3. The molecular weight excluding hydrogens is 401 g/mol. The Balaban J connectivity index is 0.00000264. The smallest absolute Gasteiger partial charge is 0.188 e. The van der Waals surface area contributed by atoms with Crippen molar-refractivity contribution < 1.29 is 0 Å². The minimum atomic E-state index is 0. The van der Waals surface area contributed by atoms with Gasteiger partial charge in [0.2, 0.25) is 0 Å². The summed E-state index contributed by atoms with van der Waals surface area (Å²) in [5.74, 6) is 0.659. The first-order valence-corrected chi connectivity index (χ1v) is 9.21. The van der Waals surface area contributed by atoms with Crippen LogP contribution in [0.25, 0.3) is 0 Å². The van der Waals surface area contributed by atoms with Crippen LogP contribution in [0, 0.1) is 0 Å². The topological polar surface area (TPSA) is 56.9 Å². The van der Waals surface area contributed by atoms with E-state index in [4.69, 9.17) is 5.73 Å². The third-order valence-corrected chi connectivity index (χ3v) is 4.97. The number of aliphatic imine (C=N–C) groups is 1. The minimum absolute atomic E-state index is 0. The van der Waals surface area contributed by atoms with Crippen LogP contribution in [0.4, 0.5) is 0 Å². The number of unbranched alkanes of at least 4 members (excludes halogenated alkanes) is 1. The highest BCUT2D eigenvalue weighted by atomic mass is 127. The van der Waals surface area contributed by atoms with Gasteiger partial charge in [-0.25, -0.2) is 0 Å². The molecule has 1 aliphatic heterocycles. The standard InChI is InChI=1S/C17H35N5.HI/c1-21-12-14-22(15-13-21)11-7-6-10-19-17(18)20-16-8-4-2-3-5-9-16;/h16H,2-15H2,1H3,(H3,18,19,20);1H. The second kappa shape index (κ2) is 12.3. The van der Waals surface area contributed by atoms with Crippen LogP contribution in [0.1, 0.15) is 51.4 Å². The fraction of sp³-hybridized carbons (Fsp3) is 0.941. The summed E-state index contributed by atoms with van der Waals surface area (Å²) >= 11 is 0. The first-order valence-electron chi connectivity index (χ1n) is 9.21. The molecule has 1 saturated heterocycles. The van der Waals surface area contributed by atoms with Crippen molar-refractivity contribution in [2.45, 2.75) is 57.4 Å². The highest BCUT2D eigenvalue weighted by Gasteiger charge is 2.13. The first kappa shape index (κ1) is 21.0. The lowest BCUT2D eigenvalue weighted by atomic mass is 10.1. The summed E-state index contributed by atoms with van der Waals surface area (Å²) in [6, 6.07) is 0.552. The molecule has 0 aromatic rings. The van der Waals surface area contributed by atoms with E-state index in [1.54, 1.807) is 0 Å². The fourth-order valence-corrected chi connectivity index (χ4v) is 3.40. The van der Waals surface area contributed by atoms with Gasteiger partial charge in [0.25, 0.3) is 0 Å². The number of guanidine groups is 1. The van der Waals surface area contributed by atoms with Crippen LogP contribution in [0.2, 0.25) is 0 Å². The van der Waals surface area contributed by atoms with Gasteiger partial charge >= 0.3 is 0 Å². The molecule has 6 heteroatoms. The number of likely N-dealkylation sites (N-methyl/N-ethyl adjacent to an activating group) is 1. The van der Waals surface area contributed by atoms with E-state index in [1.807, 2.05) is 0 Å². The van der Waals surface area contributed by atoms with Gasteiger partial charge in [-0.15, -0.1) is 24.0 Å². The molecule has 0 radical (unpaired) electrons. The lowest BCUT2D eigenvalue weighted by Crippen LogP contribution is -2.44. The van der Waals surface area contributed by atoms with E-state index in [-0.39, 0.29) is 24.0 Å². The van der Waals surface area contributed by atoms with Gasteiger partial charge in [0, 0.05) is 38.8 Å². The van der Waals surface area contributed by atoms with E-state index in [9.17, 15) is 0 Å². The number of nitrogens with zero attached hydrogens (tertiary/aromatic N) is 3. The molecule has 136 valence electrons. The zero-order valence-corrected chi connectivity index (χ0v) is 17.1. The monoisotopic (exact) mass is 437 g/mol. The van der Waals surface area contributed by atoms with E-state index in [1.165, 1.54) is 77.7 Å². The SMILES string of the molecule is CN1CCN(CCCCN=C(N)NC2CCCCCC2)CC1.I. The Morgan fingerprint density at radius 3 is 2.35 bits per heavy atom. The highest BCUT2D eigenvalue weighted by Crippen LogP contribution is 2.16.